The summed E-state index contributed by atoms with van der Waals surface area (Å²) in [7, 11) is 1.06. The minimum absolute atomic E-state index is 0.188. The van der Waals surface area contributed by atoms with E-state index in [1.54, 1.807) is 0 Å². The van der Waals surface area contributed by atoms with E-state index in [0.717, 1.165) is 20.6 Å². The van der Waals surface area contributed by atoms with Crippen molar-refractivity contribution in [1.82, 2.24) is 20.3 Å². The van der Waals surface area contributed by atoms with Crippen LogP contribution in [0.15, 0.2) is 0 Å². The van der Waals surface area contributed by atoms with Crippen LogP contribution in [0.25, 0.3) is 0 Å². The molecule has 2 N–H and O–H groups in total. The lowest BCUT2D eigenvalue weighted by atomic mass is 10.2. The predicted octanol–water partition coefficient (Wildman–Crippen LogP) is -0.936. The molecular formula is C12H22BN4O6S2. The number of nitrogens with one attached hydrogen (secondary N) is 2. The van der Waals surface area contributed by atoms with Crippen molar-refractivity contribution >= 4 is 45.0 Å². The Labute approximate surface area is 157 Å². The van der Waals surface area contributed by atoms with Crippen molar-refractivity contribution in [3.63, 3.8) is 0 Å². The SMILES string of the molecule is O=C(N[B]NC(=O)OCCN1CCOC1S)OCCN1CCOC1S. The van der Waals surface area contributed by atoms with E-state index in [9.17, 15) is 9.59 Å². The maximum absolute atomic E-state index is 11.4. The number of nitrogens with zero attached hydrogens (tertiary/aromatic N) is 2. The standard InChI is InChI=1S/C12H22BN4O6S2/c18-9(20-5-1-16-3-7-22-11(16)24)14-13-15-10(19)21-6-2-17-4-8-23-12(17)25/h11-12,24-25H,1-8H2,(H,14,18)(H,15,19). The Balaban J connectivity index is 1.44. The summed E-state index contributed by atoms with van der Waals surface area (Å²) in [5.74, 6) is 0. The fourth-order valence-corrected chi connectivity index (χ4v) is 2.85. The van der Waals surface area contributed by atoms with Crippen molar-refractivity contribution in [3.8, 4) is 0 Å². The first-order valence-corrected chi connectivity index (χ1v) is 8.85. The van der Waals surface area contributed by atoms with Crippen LogP contribution in [0.5, 0.6) is 0 Å². The molecule has 25 heavy (non-hydrogen) atoms. The first-order chi connectivity index (χ1) is 12.1. The largest absolute Gasteiger partial charge is 0.449 e. The molecule has 10 nitrogen and oxygen atoms in total. The van der Waals surface area contributed by atoms with Crippen molar-refractivity contribution in [2.24, 2.45) is 0 Å². The van der Waals surface area contributed by atoms with Gasteiger partial charge in [-0.15, -0.1) is 25.3 Å². The van der Waals surface area contributed by atoms with Crippen molar-refractivity contribution in [2.75, 3.05) is 52.6 Å². The monoisotopic (exact) mass is 393 g/mol. The number of amides is 2. The molecule has 2 fully saturated rings. The van der Waals surface area contributed by atoms with Gasteiger partial charge in [-0.25, -0.2) is 9.59 Å². The maximum atomic E-state index is 11.4. The van der Waals surface area contributed by atoms with Gasteiger partial charge in [-0.2, -0.15) is 0 Å². The Morgan fingerprint density at radius 2 is 1.40 bits per heavy atom. The Morgan fingerprint density at radius 3 is 1.76 bits per heavy atom. The molecular weight excluding hydrogens is 371 g/mol. The minimum atomic E-state index is -0.678. The lowest BCUT2D eigenvalue weighted by molar-refractivity contribution is 0.0881. The molecule has 0 aliphatic carbocycles. The molecule has 2 aliphatic rings. The molecule has 0 aromatic rings. The molecule has 2 amide bonds. The van der Waals surface area contributed by atoms with E-state index in [0.29, 0.717) is 26.3 Å². The summed E-state index contributed by atoms with van der Waals surface area (Å²) in [5, 5.41) is 4.56. The summed E-state index contributed by atoms with van der Waals surface area (Å²) >= 11 is 8.44. The summed E-state index contributed by atoms with van der Waals surface area (Å²) in [6.45, 7) is 4.12. The highest BCUT2D eigenvalue weighted by molar-refractivity contribution is 7.80. The zero-order chi connectivity index (χ0) is 18.1. The molecule has 0 aromatic carbocycles. The molecule has 2 rings (SSSR count). The summed E-state index contributed by atoms with van der Waals surface area (Å²) in [4.78, 5) is 26.8. The van der Waals surface area contributed by atoms with Gasteiger partial charge in [0, 0.05) is 26.2 Å². The van der Waals surface area contributed by atoms with Crippen molar-refractivity contribution < 1.29 is 28.5 Å². The molecule has 0 spiro atoms. The van der Waals surface area contributed by atoms with E-state index < -0.39 is 12.2 Å². The lowest BCUT2D eigenvalue weighted by Crippen LogP contribution is -2.42. The molecule has 0 saturated carbocycles. The van der Waals surface area contributed by atoms with E-state index in [-0.39, 0.29) is 24.3 Å². The van der Waals surface area contributed by atoms with Crippen LogP contribution in [-0.2, 0) is 18.9 Å². The van der Waals surface area contributed by atoms with Crippen molar-refractivity contribution in [3.05, 3.63) is 0 Å². The highest BCUT2D eigenvalue weighted by Crippen LogP contribution is 2.12. The summed E-state index contributed by atoms with van der Waals surface area (Å²) in [6, 6.07) is 0. The molecule has 0 aromatic heterocycles. The number of carbonyl (C=O) groups is 2. The van der Waals surface area contributed by atoms with Crippen LogP contribution in [0.4, 0.5) is 9.59 Å². The number of ether oxygens (including phenoxy) is 4. The highest BCUT2D eigenvalue weighted by Gasteiger charge is 2.22. The van der Waals surface area contributed by atoms with Crippen LogP contribution in [0.2, 0.25) is 0 Å². The Kier molecular flexibility index (Phi) is 8.99. The maximum Gasteiger partial charge on any atom is 0.396 e. The number of hydrogen-bond donors (Lipinski definition) is 4. The van der Waals surface area contributed by atoms with E-state index in [1.165, 1.54) is 0 Å². The van der Waals surface area contributed by atoms with Crippen LogP contribution < -0.4 is 10.5 Å². The second kappa shape index (κ2) is 11.0. The average Bonchev–Trinajstić information content (AvgIpc) is 3.16. The van der Waals surface area contributed by atoms with Crippen molar-refractivity contribution in [2.45, 2.75) is 11.1 Å². The van der Waals surface area contributed by atoms with Gasteiger partial charge in [-0.3, -0.25) is 9.80 Å². The molecule has 2 saturated heterocycles. The van der Waals surface area contributed by atoms with Crippen LogP contribution >= 0.6 is 25.3 Å². The molecule has 0 bridgehead atoms. The second-order valence-electron chi connectivity index (χ2n) is 5.17. The third kappa shape index (κ3) is 7.50. The Morgan fingerprint density at radius 1 is 0.960 bits per heavy atom. The zero-order valence-corrected chi connectivity index (χ0v) is 15.4. The molecule has 2 unspecified atom stereocenters. The number of hydrogen-bond acceptors (Lipinski definition) is 10. The molecule has 2 aliphatic heterocycles. The van der Waals surface area contributed by atoms with Gasteiger partial charge < -0.3 is 29.4 Å². The summed E-state index contributed by atoms with van der Waals surface area (Å²) < 4.78 is 20.4. The van der Waals surface area contributed by atoms with E-state index in [4.69, 9.17) is 18.9 Å². The van der Waals surface area contributed by atoms with Crippen LogP contribution in [0.3, 0.4) is 0 Å². The lowest BCUT2D eigenvalue weighted by Gasteiger charge is -2.18. The predicted molar refractivity (Wildman–Crippen MR) is 95.3 cm³/mol. The first-order valence-electron chi connectivity index (χ1n) is 7.82. The van der Waals surface area contributed by atoms with Crippen molar-refractivity contribution in [1.29, 1.82) is 0 Å². The third-order valence-corrected chi connectivity index (χ3v) is 4.47. The first kappa shape index (κ1) is 20.5. The molecule has 2 heterocycles. The quantitative estimate of drug-likeness (QED) is 0.310. The van der Waals surface area contributed by atoms with E-state index >= 15 is 0 Å². The smallest absolute Gasteiger partial charge is 0.396 e. The van der Waals surface area contributed by atoms with Gasteiger partial charge >= 0.3 is 19.7 Å². The number of rotatable bonds is 8. The normalized spacial score (nSPS) is 24.1. The topological polar surface area (TPSA) is 102 Å². The van der Waals surface area contributed by atoms with Gasteiger partial charge in [0.1, 0.15) is 13.2 Å². The number of thiol groups is 2. The Hall–Kier alpha value is -0.855. The number of carbonyl (C=O) groups excluding carboxylic acids is 2. The fraction of sp³-hybridized carbons (Fsp3) is 0.833. The molecule has 141 valence electrons. The minimum Gasteiger partial charge on any atom is -0.449 e. The molecule has 2 atom stereocenters. The van der Waals surface area contributed by atoms with E-state index in [1.807, 2.05) is 9.80 Å². The summed E-state index contributed by atoms with van der Waals surface area (Å²) in [5.41, 5.74) is -0.528. The highest BCUT2D eigenvalue weighted by atomic mass is 32.1. The van der Waals surface area contributed by atoms with Crippen LogP contribution in [0.1, 0.15) is 0 Å². The van der Waals surface area contributed by atoms with Crippen LogP contribution in [0, 0.1) is 0 Å². The Bertz CT molecular complexity index is 414. The fourth-order valence-electron chi connectivity index (χ4n) is 2.18. The van der Waals surface area contributed by atoms with Gasteiger partial charge in [0.05, 0.1) is 13.2 Å². The van der Waals surface area contributed by atoms with Crippen LogP contribution in [-0.4, -0.2) is 93.3 Å². The third-order valence-electron chi connectivity index (χ3n) is 3.52. The van der Waals surface area contributed by atoms with E-state index in [2.05, 4.69) is 35.7 Å². The zero-order valence-electron chi connectivity index (χ0n) is 13.6. The van der Waals surface area contributed by atoms with Gasteiger partial charge in [0.25, 0.3) is 0 Å². The van der Waals surface area contributed by atoms with Gasteiger partial charge in [0.15, 0.2) is 11.1 Å². The molecule has 13 heteroatoms. The second-order valence-corrected chi connectivity index (χ2v) is 6.05. The van der Waals surface area contributed by atoms with Gasteiger partial charge in [-0.05, 0) is 0 Å². The summed E-state index contributed by atoms with van der Waals surface area (Å²) in [6.07, 6.45) is -1.36. The average molecular weight is 393 g/mol. The molecule has 1 radical (unpaired) electrons. The van der Waals surface area contributed by atoms with Gasteiger partial charge in [0.2, 0.25) is 0 Å². The van der Waals surface area contributed by atoms with Gasteiger partial charge in [-0.1, -0.05) is 0 Å².